The maximum absolute atomic E-state index is 13.2. The standard InChI is InChI=1S/C23H32FN3O2/c24-19-9-11-20(12-10-19)25-22(28)21(17-5-1-2-6-17)26-13-15-27(16-14-26)23(29)18-7-3-4-8-18/h9-12,17-18,21H,1-8,13-16H2,(H,25,28). The molecule has 1 N–H and O–H groups in total. The Labute approximate surface area is 172 Å². The molecule has 3 fully saturated rings. The van der Waals surface area contributed by atoms with Gasteiger partial charge in [-0.2, -0.15) is 0 Å². The quantitative estimate of drug-likeness (QED) is 0.819. The second-order valence-corrected chi connectivity index (χ2v) is 8.83. The van der Waals surface area contributed by atoms with Crippen LogP contribution in [0.5, 0.6) is 0 Å². The van der Waals surface area contributed by atoms with Gasteiger partial charge >= 0.3 is 0 Å². The van der Waals surface area contributed by atoms with Crippen molar-refractivity contribution in [3.05, 3.63) is 30.1 Å². The topological polar surface area (TPSA) is 52.7 Å². The van der Waals surface area contributed by atoms with Crippen LogP contribution in [-0.2, 0) is 9.59 Å². The van der Waals surface area contributed by atoms with Crippen molar-refractivity contribution in [1.29, 1.82) is 0 Å². The van der Waals surface area contributed by atoms with E-state index in [1.807, 2.05) is 4.90 Å². The first-order chi connectivity index (χ1) is 14.1. The normalized spacial score (nSPS) is 22.7. The molecule has 3 aliphatic rings. The monoisotopic (exact) mass is 401 g/mol. The van der Waals surface area contributed by atoms with E-state index in [0.29, 0.717) is 30.6 Å². The molecule has 2 aliphatic carbocycles. The number of rotatable bonds is 5. The Kier molecular flexibility index (Phi) is 6.48. The summed E-state index contributed by atoms with van der Waals surface area (Å²) in [7, 11) is 0. The number of hydrogen-bond donors (Lipinski definition) is 1. The summed E-state index contributed by atoms with van der Waals surface area (Å²) in [6.45, 7) is 2.91. The largest absolute Gasteiger partial charge is 0.340 e. The lowest BCUT2D eigenvalue weighted by Crippen LogP contribution is -2.57. The van der Waals surface area contributed by atoms with Crippen molar-refractivity contribution in [3.63, 3.8) is 0 Å². The Balaban J connectivity index is 1.40. The second-order valence-electron chi connectivity index (χ2n) is 8.83. The maximum Gasteiger partial charge on any atom is 0.242 e. The molecule has 1 aromatic rings. The minimum absolute atomic E-state index is 0.000854. The predicted octanol–water partition coefficient (Wildman–Crippen LogP) is 3.66. The highest BCUT2D eigenvalue weighted by molar-refractivity contribution is 5.95. The van der Waals surface area contributed by atoms with E-state index in [1.165, 1.54) is 37.8 Å². The molecule has 29 heavy (non-hydrogen) atoms. The molecule has 1 aliphatic heterocycles. The summed E-state index contributed by atoms with van der Waals surface area (Å²) < 4.78 is 13.2. The summed E-state index contributed by atoms with van der Waals surface area (Å²) in [4.78, 5) is 30.2. The minimum atomic E-state index is -0.307. The van der Waals surface area contributed by atoms with Crippen molar-refractivity contribution >= 4 is 17.5 Å². The zero-order chi connectivity index (χ0) is 20.2. The van der Waals surface area contributed by atoms with Crippen LogP contribution in [0.3, 0.4) is 0 Å². The van der Waals surface area contributed by atoms with Crippen LogP contribution in [-0.4, -0.2) is 53.8 Å². The number of benzene rings is 1. The molecule has 0 radical (unpaired) electrons. The van der Waals surface area contributed by atoms with Crippen molar-refractivity contribution < 1.29 is 14.0 Å². The number of amides is 2. The van der Waals surface area contributed by atoms with Gasteiger partial charge in [-0.05, 0) is 55.9 Å². The third-order valence-electron chi connectivity index (χ3n) is 6.95. The van der Waals surface area contributed by atoms with Crippen LogP contribution < -0.4 is 5.32 Å². The molecule has 1 unspecified atom stereocenters. The predicted molar refractivity (Wildman–Crippen MR) is 111 cm³/mol. The van der Waals surface area contributed by atoms with Crippen LogP contribution in [0.4, 0.5) is 10.1 Å². The Hall–Kier alpha value is -1.95. The third-order valence-corrected chi connectivity index (χ3v) is 6.95. The van der Waals surface area contributed by atoms with Crippen molar-refractivity contribution in [3.8, 4) is 0 Å². The molecule has 0 bridgehead atoms. The van der Waals surface area contributed by atoms with E-state index in [1.54, 1.807) is 12.1 Å². The Morgan fingerprint density at radius 2 is 1.48 bits per heavy atom. The van der Waals surface area contributed by atoms with Crippen LogP contribution in [0.15, 0.2) is 24.3 Å². The SMILES string of the molecule is O=C(Nc1ccc(F)cc1)C(C1CCCC1)N1CCN(C(=O)C2CCCC2)CC1. The Bertz CT molecular complexity index is 703. The molecule has 0 spiro atoms. The fraction of sp³-hybridized carbons (Fsp3) is 0.652. The van der Waals surface area contributed by atoms with Gasteiger partial charge < -0.3 is 10.2 Å². The highest BCUT2D eigenvalue weighted by Crippen LogP contribution is 2.32. The molecule has 4 rings (SSSR count). The first-order valence-corrected chi connectivity index (χ1v) is 11.2. The highest BCUT2D eigenvalue weighted by Gasteiger charge is 2.38. The van der Waals surface area contributed by atoms with E-state index in [2.05, 4.69) is 10.2 Å². The summed E-state index contributed by atoms with van der Waals surface area (Å²) in [5.74, 6) is 0.578. The van der Waals surface area contributed by atoms with Gasteiger partial charge in [0.25, 0.3) is 0 Å². The van der Waals surface area contributed by atoms with E-state index in [4.69, 9.17) is 0 Å². The zero-order valence-corrected chi connectivity index (χ0v) is 17.1. The molecule has 6 heteroatoms. The van der Waals surface area contributed by atoms with E-state index < -0.39 is 0 Å². The smallest absolute Gasteiger partial charge is 0.242 e. The number of carbonyl (C=O) groups is 2. The first-order valence-electron chi connectivity index (χ1n) is 11.2. The average molecular weight is 402 g/mol. The lowest BCUT2D eigenvalue weighted by atomic mass is 9.94. The molecule has 1 saturated heterocycles. The summed E-state index contributed by atoms with van der Waals surface area (Å²) in [6, 6.07) is 5.78. The number of carbonyl (C=O) groups excluding carboxylic acids is 2. The van der Waals surface area contributed by atoms with Crippen molar-refractivity contribution in [1.82, 2.24) is 9.80 Å². The maximum atomic E-state index is 13.2. The van der Waals surface area contributed by atoms with Crippen LogP contribution in [0.1, 0.15) is 51.4 Å². The average Bonchev–Trinajstić information content (AvgIpc) is 3.44. The fourth-order valence-corrected chi connectivity index (χ4v) is 5.35. The molecule has 2 amide bonds. The van der Waals surface area contributed by atoms with Crippen LogP contribution in [0, 0.1) is 17.7 Å². The summed E-state index contributed by atoms with van der Waals surface area (Å²) in [5, 5.41) is 2.99. The number of anilines is 1. The summed E-state index contributed by atoms with van der Waals surface area (Å²) >= 11 is 0. The molecule has 1 aromatic carbocycles. The Morgan fingerprint density at radius 1 is 0.897 bits per heavy atom. The summed E-state index contributed by atoms with van der Waals surface area (Å²) in [6.07, 6.45) is 8.89. The van der Waals surface area contributed by atoms with Gasteiger partial charge in [-0.3, -0.25) is 14.5 Å². The molecular weight excluding hydrogens is 369 g/mol. The van der Waals surface area contributed by atoms with Crippen molar-refractivity contribution in [2.45, 2.75) is 57.4 Å². The van der Waals surface area contributed by atoms with Gasteiger partial charge in [-0.25, -0.2) is 4.39 Å². The Morgan fingerprint density at radius 3 is 2.10 bits per heavy atom. The lowest BCUT2D eigenvalue weighted by molar-refractivity contribution is -0.138. The van der Waals surface area contributed by atoms with E-state index >= 15 is 0 Å². The number of hydrogen-bond acceptors (Lipinski definition) is 3. The summed E-state index contributed by atoms with van der Waals surface area (Å²) in [5.41, 5.74) is 0.634. The number of halogens is 1. The van der Waals surface area contributed by atoms with Crippen LogP contribution >= 0.6 is 0 Å². The third kappa shape index (κ3) is 4.80. The van der Waals surface area contributed by atoms with Gasteiger partial charge in [0.15, 0.2) is 0 Å². The van der Waals surface area contributed by atoms with Gasteiger partial charge in [0, 0.05) is 37.8 Å². The van der Waals surface area contributed by atoms with E-state index in [0.717, 1.165) is 38.8 Å². The van der Waals surface area contributed by atoms with Gasteiger partial charge in [0.1, 0.15) is 5.82 Å². The molecular formula is C23H32FN3O2. The second kappa shape index (κ2) is 9.24. The number of nitrogens with one attached hydrogen (secondary N) is 1. The molecule has 1 atom stereocenters. The molecule has 1 heterocycles. The van der Waals surface area contributed by atoms with E-state index in [9.17, 15) is 14.0 Å². The van der Waals surface area contributed by atoms with Crippen LogP contribution in [0.25, 0.3) is 0 Å². The fourth-order valence-electron chi connectivity index (χ4n) is 5.35. The van der Waals surface area contributed by atoms with Gasteiger partial charge in [-0.15, -0.1) is 0 Å². The number of piperazine rings is 1. The van der Waals surface area contributed by atoms with Crippen LogP contribution in [0.2, 0.25) is 0 Å². The van der Waals surface area contributed by atoms with Crippen molar-refractivity contribution in [2.24, 2.45) is 11.8 Å². The minimum Gasteiger partial charge on any atom is -0.340 e. The first kappa shape index (κ1) is 20.3. The van der Waals surface area contributed by atoms with Gasteiger partial charge in [0.2, 0.25) is 11.8 Å². The molecule has 158 valence electrons. The highest BCUT2D eigenvalue weighted by atomic mass is 19.1. The van der Waals surface area contributed by atoms with E-state index in [-0.39, 0.29) is 23.7 Å². The van der Waals surface area contributed by atoms with Gasteiger partial charge in [-0.1, -0.05) is 25.7 Å². The number of nitrogens with zero attached hydrogens (tertiary/aromatic N) is 2. The molecule has 5 nitrogen and oxygen atoms in total. The lowest BCUT2D eigenvalue weighted by Gasteiger charge is -2.41. The van der Waals surface area contributed by atoms with Crippen molar-refractivity contribution in [2.75, 3.05) is 31.5 Å². The zero-order valence-electron chi connectivity index (χ0n) is 17.1. The van der Waals surface area contributed by atoms with Gasteiger partial charge in [0.05, 0.1) is 6.04 Å². The molecule has 2 saturated carbocycles. The molecule has 0 aromatic heterocycles.